The molecule has 4 nitrogen and oxygen atoms in total. The molecule has 2 rings (SSSR count). The molecular formula is C15H23ClN2O2. The van der Waals surface area contributed by atoms with Gasteiger partial charge in [0.2, 0.25) is 5.91 Å². The van der Waals surface area contributed by atoms with E-state index in [0.29, 0.717) is 13.0 Å². The van der Waals surface area contributed by atoms with Crippen molar-refractivity contribution < 1.29 is 9.53 Å². The van der Waals surface area contributed by atoms with Gasteiger partial charge in [0.05, 0.1) is 6.10 Å². The molecule has 0 aromatic heterocycles. The van der Waals surface area contributed by atoms with Crippen molar-refractivity contribution in [1.29, 1.82) is 0 Å². The second kappa shape index (κ2) is 8.95. The molecule has 1 fully saturated rings. The van der Waals surface area contributed by atoms with Gasteiger partial charge in [-0.15, -0.1) is 12.4 Å². The van der Waals surface area contributed by atoms with Crippen molar-refractivity contribution in [3.8, 4) is 0 Å². The van der Waals surface area contributed by atoms with E-state index in [2.05, 4.69) is 5.32 Å². The molecule has 1 aromatic carbocycles. The maximum Gasteiger partial charge on any atom is 0.220 e. The standard InChI is InChI=1S/C15H22N2O2.ClH/c16-14(12-5-2-1-3-6-12)11-17-15(18)9-8-13-7-4-10-19-13;/h1-3,5-6,13-14H,4,7-11,16H2,(H,17,18);1H. The van der Waals surface area contributed by atoms with Crippen molar-refractivity contribution in [1.82, 2.24) is 5.32 Å². The molecule has 2 atom stereocenters. The van der Waals surface area contributed by atoms with Crippen molar-refractivity contribution in [3.63, 3.8) is 0 Å². The minimum Gasteiger partial charge on any atom is -0.378 e. The summed E-state index contributed by atoms with van der Waals surface area (Å²) in [6, 6.07) is 9.67. The van der Waals surface area contributed by atoms with Crippen LogP contribution >= 0.6 is 12.4 Å². The van der Waals surface area contributed by atoms with Gasteiger partial charge in [-0.3, -0.25) is 4.79 Å². The van der Waals surface area contributed by atoms with Gasteiger partial charge in [-0.1, -0.05) is 30.3 Å². The molecule has 20 heavy (non-hydrogen) atoms. The maximum absolute atomic E-state index is 11.7. The van der Waals surface area contributed by atoms with E-state index in [4.69, 9.17) is 10.5 Å². The van der Waals surface area contributed by atoms with Gasteiger partial charge in [0.25, 0.3) is 0 Å². The summed E-state index contributed by atoms with van der Waals surface area (Å²) in [6.45, 7) is 1.32. The van der Waals surface area contributed by atoms with Crippen LogP contribution in [0.15, 0.2) is 30.3 Å². The van der Waals surface area contributed by atoms with E-state index in [1.807, 2.05) is 30.3 Å². The van der Waals surface area contributed by atoms with Crippen LogP contribution in [0.2, 0.25) is 0 Å². The number of hydrogen-bond donors (Lipinski definition) is 2. The number of nitrogens with two attached hydrogens (primary N) is 1. The van der Waals surface area contributed by atoms with E-state index in [1.165, 1.54) is 0 Å². The predicted molar refractivity (Wildman–Crippen MR) is 81.8 cm³/mol. The lowest BCUT2D eigenvalue weighted by Crippen LogP contribution is -2.32. The van der Waals surface area contributed by atoms with Gasteiger partial charge in [-0.2, -0.15) is 0 Å². The van der Waals surface area contributed by atoms with Gasteiger partial charge < -0.3 is 15.8 Å². The van der Waals surface area contributed by atoms with Crippen LogP contribution in [0.3, 0.4) is 0 Å². The molecule has 0 bridgehead atoms. The van der Waals surface area contributed by atoms with E-state index in [9.17, 15) is 4.79 Å². The number of halogens is 1. The third kappa shape index (κ3) is 5.49. The quantitative estimate of drug-likeness (QED) is 0.846. The molecule has 1 aromatic rings. The molecule has 1 aliphatic heterocycles. The summed E-state index contributed by atoms with van der Waals surface area (Å²) in [5.74, 6) is 0.0573. The minimum absolute atomic E-state index is 0. The number of benzene rings is 1. The third-order valence-electron chi connectivity index (χ3n) is 3.46. The summed E-state index contributed by atoms with van der Waals surface area (Å²) in [7, 11) is 0. The van der Waals surface area contributed by atoms with Crippen LogP contribution in [0, 0.1) is 0 Å². The maximum atomic E-state index is 11.7. The summed E-state index contributed by atoms with van der Waals surface area (Å²) >= 11 is 0. The smallest absolute Gasteiger partial charge is 0.220 e. The summed E-state index contributed by atoms with van der Waals surface area (Å²) in [5, 5.41) is 2.89. The second-order valence-corrected chi connectivity index (χ2v) is 4.99. The Bertz CT molecular complexity index is 394. The molecule has 1 heterocycles. The lowest BCUT2D eigenvalue weighted by Gasteiger charge is -2.14. The minimum atomic E-state index is -0.145. The number of ether oxygens (including phenoxy) is 1. The summed E-state index contributed by atoms with van der Waals surface area (Å²) in [4.78, 5) is 11.7. The Hall–Kier alpha value is -1.10. The molecular weight excluding hydrogens is 276 g/mol. The fourth-order valence-corrected chi connectivity index (χ4v) is 2.29. The van der Waals surface area contributed by atoms with E-state index in [0.717, 1.165) is 31.4 Å². The summed E-state index contributed by atoms with van der Waals surface area (Å²) in [5.41, 5.74) is 7.07. The van der Waals surface area contributed by atoms with E-state index >= 15 is 0 Å². The van der Waals surface area contributed by atoms with Gasteiger partial charge in [0.1, 0.15) is 0 Å². The molecule has 0 spiro atoms. The fourth-order valence-electron chi connectivity index (χ4n) is 2.29. The molecule has 0 radical (unpaired) electrons. The predicted octanol–water partition coefficient (Wildman–Crippen LogP) is 2.18. The first kappa shape index (κ1) is 17.0. The Morgan fingerprint density at radius 1 is 1.40 bits per heavy atom. The monoisotopic (exact) mass is 298 g/mol. The van der Waals surface area contributed by atoms with E-state index < -0.39 is 0 Å². The highest BCUT2D eigenvalue weighted by molar-refractivity contribution is 5.85. The molecule has 1 amide bonds. The van der Waals surface area contributed by atoms with Gasteiger partial charge >= 0.3 is 0 Å². The van der Waals surface area contributed by atoms with Crippen LogP contribution in [-0.4, -0.2) is 25.2 Å². The number of rotatable bonds is 6. The van der Waals surface area contributed by atoms with Crippen LogP contribution in [0.25, 0.3) is 0 Å². The Labute approximate surface area is 126 Å². The highest BCUT2D eigenvalue weighted by atomic mass is 35.5. The third-order valence-corrected chi connectivity index (χ3v) is 3.46. The molecule has 0 aliphatic carbocycles. The van der Waals surface area contributed by atoms with Gasteiger partial charge in [-0.25, -0.2) is 0 Å². The lowest BCUT2D eigenvalue weighted by molar-refractivity contribution is -0.121. The average Bonchev–Trinajstić information content (AvgIpc) is 2.96. The molecule has 1 saturated heterocycles. The first-order valence-corrected chi connectivity index (χ1v) is 6.94. The fraction of sp³-hybridized carbons (Fsp3) is 0.533. The average molecular weight is 299 g/mol. The molecule has 3 N–H and O–H groups in total. The second-order valence-electron chi connectivity index (χ2n) is 4.99. The molecule has 0 saturated carbocycles. The molecule has 112 valence electrons. The van der Waals surface area contributed by atoms with Crippen LogP contribution in [-0.2, 0) is 9.53 Å². The van der Waals surface area contributed by atoms with Crippen LogP contribution in [0.1, 0.15) is 37.3 Å². The first-order valence-electron chi connectivity index (χ1n) is 6.94. The van der Waals surface area contributed by atoms with Gasteiger partial charge in [-0.05, 0) is 24.8 Å². The van der Waals surface area contributed by atoms with Crippen LogP contribution < -0.4 is 11.1 Å². The molecule has 5 heteroatoms. The summed E-state index contributed by atoms with van der Waals surface area (Å²) < 4.78 is 5.49. The first-order chi connectivity index (χ1) is 9.25. The Morgan fingerprint density at radius 3 is 2.80 bits per heavy atom. The highest BCUT2D eigenvalue weighted by Gasteiger charge is 2.16. The SMILES string of the molecule is Cl.NC(CNC(=O)CCC1CCCO1)c1ccccc1. The number of carbonyl (C=O) groups excluding carboxylic acids is 1. The summed E-state index contributed by atoms with van der Waals surface area (Å²) in [6.07, 6.45) is 3.80. The number of nitrogens with one attached hydrogen (secondary N) is 1. The largest absolute Gasteiger partial charge is 0.378 e. The van der Waals surface area contributed by atoms with Gasteiger partial charge in [0, 0.05) is 25.6 Å². The zero-order valence-electron chi connectivity index (χ0n) is 11.6. The van der Waals surface area contributed by atoms with E-state index in [1.54, 1.807) is 0 Å². The highest BCUT2D eigenvalue weighted by Crippen LogP contribution is 2.16. The van der Waals surface area contributed by atoms with Crippen molar-refractivity contribution in [2.24, 2.45) is 5.73 Å². The lowest BCUT2D eigenvalue weighted by atomic mass is 10.1. The van der Waals surface area contributed by atoms with Crippen molar-refractivity contribution in [2.45, 2.75) is 37.8 Å². The van der Waals surface area contributed by atoms with E-state index in [-0.39, 0.29) is 30.5 Å². The number of amides is 1. The Balaban J connectivity index is 0.00000200. The zero-order chi connectivity index (χ0) is 13.5. The number of hydrogen-bond acceptors (Lipinski definition) is 3. The number of carbonyl (C=O) groups is 1. The Kier molecular flexibility index (Phi) is 7.59. The van der Waals surface area contributed by atoms with Crippen LogP contribution in [0.5, 0.6) is 0 Å². The normalized spacial score (nSPS) is 19.1. The zero-order valence-corrected chi connectivity index (χ0v) is 12.4. The van der Waals surface area contributed by atoms with Crippen molar-refractivity contribution in [3.05, 3.63) is 35.9 Å². The van der Waals surface area contributed by atoms with Crippen LogP contribution in [0.4, 0.5) is 0 Å². The molecule has 1 aliphatic rings. The topological polar surface area (TPSA) is 64.3 Å². The van der Waals surface area contributed by atoms with Crippen molar-refractivity contribution in [2.75, 3.05) is 13.2 Å². The Morgan fingerprint density at radius 2 is 2.15 bits per heavy atom. The molecule has 2 unspecified atom stereocenters. The van der Waals surface area contributed by atoms with Gasteiger partial charge in [0.15, 0.2) is 0 Å². The van der Waals surface area contributed by atoms with Crippen molar-refractivity contribution >= 4 is 18.3 Å².